The maximum atomic E-state index is 3.78. The Morgan fingerprint density at radius 1 is 1.30 bits per heavy atom. The molecule has 110 valence electrons. The summed E-state index contributed by atoms with van der Waals surface area (Å²) in [5, 5.41) is 3.78. The van der Waals surface area contributed by atoms with Crippen molar-refractivity contribution in [2.24, 2.45) is 5.92 Å². The zero-order valence-electron chi connectivity index (χ0n) is 12.5. The van der Waals surface area contributed by atoms with E-state index in [1.165, 1.54) is 41.5 Å². The normalized spacial score (nSPS) is 26.9. The lowest BCUT2D eigenvalue weighted by atomic mass is 10.0. The van der Waals surface area contributed by atoms with Crippen LogP contribution in [0.1, 0.15) is 38.7 Å². The molecule has 0 radical (unpaired) electrons. The molecule has 1 aliphatic heterocycles. The van der Waals surface area contributed by atoms with Gasteiger partial charge in [0, 0.05) is 35.3 Å². The minimum Gasteiger partial charge on any atom is -0.365 e. The monoisotopic (exact) mass is 336 g/mol. The zero-order chi connectivity index (χ0) is 14.1. The first-order valence-corrected chi connectivity index (χ1v) is 8.80. The lowest BCUT2D eigenvalue weighted by molar-refractivity contribution is 0.359. The lowest BCUT2D eigenvalue weighted by Gasteiger charge is -2.43. The number of anilines is 1. The third-order valence-electron chi connectivity index (χ3n) is 4.84. The summed E-state index contributed by atoms with van der Waals surface area (Å²) < 4.78 is 1.19. The van der Waals surface area contributed by atoms with Crippen LogP contribution >= 0.6 is 15.9 Å². The Kier molecular flexibility index (Phi) is 4.37. The Balaban J connectivity index is 1.87. The van der Waals surface area contributed by atoms with E-state index in [-0.39, 0.29) is 0 Å². The molecule has 0 aromatic heterocycles. The second-order valence-corrected chi connectivity index (χ2v) is 7.11. The number of halogens is 1. The number of hydrogen-bond acceptors (Lipinski definition) is 2. The number of rotatable bonds is 4. The fourth-order valence-corrected chi connectivity index (χ4v) is 3.82. The minimum absolute atomic E-state index is 0.636. The minimum atomic E-state index is 0.636. The summed E-state index contributed by atoms with van der Waals surface area (Å²) in [4.78, 5) is 2.67. The van der Waals surface area contributed by atoms with Crippen molar-refractivity contribution in [2.75, 3.05) is 18.0 Å². The number of hydrogen-bond donors (Lipinski definition) is 1. The average molecular weight is 337 g/mol. The molecule has 0 bridgehead atoms. The molecular weight excluding hydrogens is 312 g/mol. The highest BCUT2D eigenvalue weighted by Gasteiger charge is 2.37. The highest BCUT2D eigenvalue weighted by molar-refractivity contribution is 9.10. The van der Waals surface area contributed by atoms with Gasteiger partial charge in [-0.1, -0.05) is 29.8 Å². The van der Waals surface area contributed by atoms with Gasteiger partial charge < -0.3 is 10.2 Å². The van der Waals surface area contributed by atoms with Crippen LogP contribution in [0.5, 0.6) is 0 Å². The zero-order valence-corrected chi connectivity index (χ0v) is 14.1. The summed E-state index contributed by atoms with van der Waals surface area (Å²) in [7, 11) is 0. The first-order valence-electron chi connectivity index (χ1n) is 8.01. The molecule has 2 unspecified atom stereocenters. The van der Waals surface area contributed by atoms with Gasteiger partial charge >= 0.3 is 0 Å². The topological polar surface area (TPSA) is 15.3 Å². The third-order valence-corrected chi connectivity index (χ3v) is 5.34. The van der Waals surface area contributed by atoms with Crippen LogP contribution in [0.2, 0.25) is 0 Å². The molecule has 20 heavy (non-hydrogen) atoms. The van der Waals surface area contributed by atoms with Crippen LogP contribution < -0.4 is 10.2 Å². The van der Waals surface area contributed by atoms with Crippen LogP contribution in [-0.2, 0) is 6.42 Å². The number of benzene rings is 1. The first-order chi connectivity index (χ1) is 9.72. The summed E-state index contributed by atoms with van der Waals surface area (Å²) >= 11 is 3.61. The number of aryl methyl sites for hydroxylation is 1. The van der Waals surface area contributed by atoms with E-state index in [4.69, 9.17) is 0 Å². The smallest absolute Gasteiger partial charge is 0.0412 e. The number of nitrogens with zero attached hydrogens (tertiary/aromatic N) is 1. The molecule has 1 aromatic rings. The third kappa shape index (κ3) is 2.89. The Morgan fingerprint density at radius 2 is 2.10 bits per heavy atom. The molecule has 3 heteroatoms. The van der Waals surface area contributed by atoms with Gasteiger partial charge in [0.15, 0.2) is 0 Å². The van der Waals surface area contributed by atoms with E-state index in [1.807, 2.05) is 0 Å². The second kappa shape index (κ2) is 6.07. The highest BCUT2D eigenvalue weighted by Crippen LogP contribution is 2.36. The summed E-state index contributed by atoms with van der Waals surface area (Å²) in [5.74, 6) is 0.927. The molecule has 2 atom stereocenters. The summed E-state index contributed by atoms with van der Waals surface area (Å²) in [5.41, 5.74) is 2.92. The first kappa shape index (κ1) is 14.4. The molecule has 1 aromatic carbocycles. The molecule has 2 fully saturated rings. The van der Waals surface area contributed by atoms with E-state index in [9.17, 15) is 0 Å². The van der Waals surface area contributed by atoms with Gasteiger partial charge in [-0.3, -0.25) is 0 Å². The fourth-order valence-electron chi connectivity index (χ4n) is 3.41. The van der Waals surface area contributed by atoms with Crippen LogP contribution in [0, 0.1) is 5.92 Å². The van der Waals surface area contributed by atoms with Gasteiger partial charge in [0.2, 0.25) is 0 Å². The van der Waals surface area contributed by atoms with E-state index in [1.54, 1.807) is 0 Å². The molecule has 3 rings (SSSR count). The molecule has 0 spiro atoms. The van der Waals surface area contributed by atoms with E-state index < -0.39 is 0 Å². The number of piperazine rings is 1. The van der Waals surface area contributed by atoms with Crippen molar-refractivity contribution in [3.05, 3.63) is 28.2 Å². The Hall–Kier alpha value is -0.540. The van der Waals surface area contributed by atoms with Gasteiger partial charge in [0.1, 0.15) is 0 Å². The molecule has 0 amide bonds. The summed E-state index contributed by atoms with van der Waals surface area (Å²) in [6.07, 6.45) is 5.15. The van der Waals surface area contributed by atoms with Crippen molar-refractivity contribution in [3.63, 3.8) is 0 Å². The maximum Gasteiger partial charge on any atom is 0.0412 e. The maximum absolute atomic E-state index is 3.78. The highest BCUT2D eigenvalue weighted by atomic mass is 79.9. The van der Waals surface area contributed by atoms with Crippen LogP contribution in [0.3, 0.4) is 0 Å². The Bertz CT molecular complexity index is 470. The van der Waals surface area contributed by atoms with Crippen molar-refractivity contribution < 1.29 is 0 Å². The van der Waals surface area contributed by atoms with Crippen molar-refractivity contribution in [2.45, 2.75) is 51.6 Å². The molecule has 1 saturated heterocycles. The van der Waals surface area contributed by atoms with Crippen LogP contribution in [0.4, 0.5) is 5.69 Å². The number of nitrogens with one attached hydrogen (secondary N) is 1. The molecule has 1 heterocycles. The predicted molar refractivity (Wildman–Crippen MR) is 89.5 cm³/mol. The fraction of sp³-hybridized carbons (Fsp3) is 0.647. The Labute approximate surface area is 131 Å². The molecule has 2 aliphatic rings. The quantitative estimate of drug-likeness (QED) is 0.894. The van der Waals surface area contributed by atoms with Gasteiger partial charge in [-0.25, -0.2) is 0 Å². The van der Waals surface area contributed by atoms with Crippen molar-refractivity contribution >= 4 is 21.6 Å². The van der Waals surface area contributed by atoms with Crippen LogP contribution in [0.25, 0.3) is 0 Å². The molecule has 1 N–H and O–H groups in total. The van der Waals surface area contributed by atoms with E-state index in [0.29, 0.717) is 12.1 Å². The molecule has 1 saturated carbocycles. The van der Waals surface area contributed by atoms with Gasteiger partial charge in [-0.15, -0.1) is 0 Å². The molecule has 2 nitrogen and oxygen atoms in total. The van der Waals surface area contributed by atoms with Crippen molar-refractivity contribution in [1.29, 1.82) is 0 Å². The van der Waals surface area contributed by atoms with Crippen molar-refractivity contribution in [1.82, 2.24) is 5.32 Å². The lowest BCUT2D eigenvalue weighted by Crippen LogP contribution is -2.57. The molecular formula is C17H25BrN2. The largest absolute Gasteiger partial charge is 0.365 e. The second-order valence-electron chi connectivity index (χ2n) is 6.19. The van der Waals surface area contributed by atoms with Crippen molar-refractivity contribution in [3.8, 4) is 0 Å². The van der Waals surface area contributed by atoms with Crippen LogP contribution in [-0.4, -0.2) is 25.2 Å². The van der Waals surface area contributed by atoms with Crippen LogP contribution in [0.15, 0.2) is 22.7 Å². The summed E-state index contributed by atoms with van der Waals surface area (Å²) in [6.45, 7) is 6.88. The van der Waals surface area contributed by atoms with Gasteiger partial charge in [-0.2, -0.15) is 0 Å². The molecule has 1 aliphatic carbocycles. The standard InChI is InChI=1S/C17H25BrN2/c1-3-12-9-14(18)7-8-17(12)20-11-16(13-5-6-13)19-10-15(20)4-2/h7-9,13,15-16,19H,3-6,10-11H2,1-2H3. The van der Waals surface area contributed by atoms with E-state index >= 15 is 0 Å². The summed E-state index contributed by atoms with van der Waals surface area (Å²) in [6, 6.07) is 8.12. The average Bonchev–Trinajstić information content (AvgIpc) is 3.31. The Morgan fingerprint density at radius 3 is 2.75 bits per heavy atom. The SMILES string of the molecule is CCc1cc(Br)ccc1N1CC(C2CC2)NCC1CC. The predicted octanol–water partition coefficient (Wildman–Crippen LogP) is 3.98. The van der Waals surface area contributed by atoms with Gasteiger partial charge in [0.25, 0.3) is 0 Å². The van der Waals surface area contributed by atoms with Gasteiger partial charge in [0.05, 0.1) is 0 Å². The van der Waals surface area contributed by atoms with E-state index in [0.717, 1.165) is 18.9 Å². The van der Waals surface area contributed by atoms with Gasteiger partial charge in [-0.05, 0) is 55.4 Å². The van der Waals surface area contributed by atoms with E-state index in [2.05, 4.69) is 58.2 Å².